The van der Waals surface area contributed by atoms with Gasteiger partial charge in [0, 0.05) is 31.1 Å². The van der Waals surface area contributed by atoms with E-state index < -0.39 is 10.0 Å². The van der Waals surface area contributed by atoms with E-state index in [2.05, 4.69) is 15.4 Å². The third-order valence-corrected chi connectivity index (χ3v) is 5.58. The third-order valence-electron chi connectivity index (χ3n) is 4.20. The third kappa shape index (κ3) is 5.12. The first-order valence-electron chi connectivity index (χ1n) is 8.24. The van der Waals surface area contributed by atoms with Gasteiger partial charge in [-0.2, -0.15) is 0 Å². The standard InChI is InChI=1S/C18H21N3O4S.ClH/c1-25-17-5-3-2-4-16(17)21-26(23,24)15-8-6-14(7-9-15)18(22)20-12-13-10-19-11-13;/h2-9,13,19,21H,10-12H2,1H3,(H,20,22);1H. The fraction of sp³-hybridized carbons (Fsp3) is 0.278. The summed E-state index contributed by atoms with van der Waals surface area (Å²) in [5, 5.41) is 6.00. The van der Waals surface area contributed by atoms with Crippen LogP contribution in [0, 0.1) is 5.92 Å². The zero-order valence-corrected chi connectivity index (χ0v) is 16.4. The Bertz CT molecular complexity index is 884. The zero-order chi connectivity index (χ0) is 18.6. The Hall–Kier alpha value is -2.29. The van der Waals surface area contributed by atoms with Crippen molar-refractivity contribution in [3.63, 3.8) is 0 Å². The van der Waals surface area contributed by atoms with Crippen LogP contribution in [0.2, 0.25) is 0 Å². The minimum Gasteiger partial charge on any atom is -0.495 e. The maximum atomic E-state index is 12.5. The number of nitrogens with one attached hydrogen (secondary N) is 3. The molecule has 0 saturated carbocycles. The largest absolute Gasteiger partial charge is 0.495 e. The maximum Gasteiger partial charge on any atom is 0.262 e. The second kappa shape index (κ2) is 9.07. The molecule has 1 fully saturated rings. The van der Waals surface area contributed by atoms with Gasteiger partial charge in [-0.25, -0.2) is 8.42 Å². The van der Waals surface area contributed by atoms with Crippen LogP contribution in [0.3, 0.4) is 0 Å². The number of hydrogen-bond donors (Lipinski definition) is 3. The highest BCUT2D eigenvalue weighted by Gasteiger charge is 2.19. The van der Waals surface area contributed by atoms with Crippen LogP contribution in [-0.2, 0) is 10.0 Å². The van der Waals surface area contributed by atoms with E-state index in [1.807, 2.05) is 0 Å². The Balaban J connectivity index is 0.00000261. The maximum absolute atomic E-state index is 12.5. The van der Waals surface area contributed by atoms with E-state index in [1.165, 1.54) is 31.4 Å². The molecule has 1 aliphatic heterocycles. The molecule has 146 valence electrons. The second-order valence-corrected chi connectivity index (χ2v) is 7.75. The number of carbonyl (C=O) groups is 1. The van der Waals surface area contributed by atoms with Crippen LogP contribution in [0.25, 0.3) is 0 Å². The fourth-order valence-corrected chi connectivity index (χ4v) is 3.62. The molecule has 0 unspecified atom stereocenters. The van der Waals surface area contributed by atoms with Gasteiger partial charge >= 0.3 is 0 Å². The van der Waals surface area contributed by atoms with Crippen molar-refractivity contribution in [1.82, 2.24) is 10.6 Å². The lowest BCUT2D eigenvalue weighted by Crippen LogP contribution is -2.48. The average molecular weight is 412 g/mol. The van der Waals surface area contributed by atoms with Crippen LogP contribution in [0.4, 0.5) is 5.69 Å². The van der Waals surface area contributed by atoms with E-state index in [-0.39, 0.29) is 23.2 Å². The number of benzene rings is 2. The smallest absolute Gasteiger partial charge is 0.262 e. The van der Waals surface area contributed by atoms with E-state index in [4.69, 9.17) is 4.74 Å². The molecule has 9 heteroatoms. The molecule has 0 aliphatic carbocycles. The summed E-state index contributed by atoms with van der Waals surface area (Å²) >= 11 is 0. The first kappa shape index (κ1) is 21.0. The minimum atomic E-state index is -3.78. The molecule has 2 aromatic carbocycles. The number of anilines is 1. The molecule has 3 rings (SSSR count). The molecule has 2 aromatic rings. The highest BCUT2D eigenvalue weighted by Crippen LogP contribution is 2.26. The molecule has 0 atom stereocenters. The number of hydrogen-bond acceptors (Lipinski definition) is 5. The summed E-state index contributed by atoms with van der Waals surface area (Å²) < 4.78 is 32.7. The van der Waals surface area contributed by atoms with Crippen LogP contribution < -0.4 is 20.1 Å². The average Bonchev–Trinajstić information content (AvgIpc) is 2.60. The van der Waals surface area contributed by atoms with E-state index in [9.17, 15) is 13.2 Å². The van der Waals surface area contributed by atoms with Gasteiger partial charge in [0.15, 0.2) is 0 Å². The van der Waals surface area contributed by atoms with Gasteiger partial charge in [0.25, 0.3) is 15.9 Å². The van der Waals surface area contributed by atoms with E-state index in [0.29, 0.717) is 29.5 Å². The number of ether oxygens (including phenoxy) is 1. The molecular weight excluding hydrogens is 390 g/mol. The lowest BCUT2D eigenvalue weighted by atomic mass is 10.0. The van der Waals surface area contributed by atoms with E-state index in [0.717, 1.165) is 13.1 Å². The quantitative estimate of drug-likeness (QED) is 0.646. The van der Waals surface area contributed by atoms with Crippen molar-refractivity contribution < 1.29 is 17.9 Å². The van der Waals surface area contributed by atoms with Crippen molar-refractivity contribution in [2.45, 2.75) is 4.90 Å². The van der Waals surface area contributed by atoms with Crippen LogP contribution in [0.5, 0.6) is 5.75 Å². The SMILES string of the molecule is COc1ccccc1NS(=O)(=O)c1ccc(C(=O)NCC2CNC2)cc1.Cl. The van der Waals surface area contributed by atoms with Gasteiger partial charge in [0.05, 0.1) is 17.7 Å². The molecule has 7 nitrogen and oxygen atoms in total. The minimum absolute atomic E-state index is 0. The normalized spacial score (nSPS) is 13.8. The summed E-state index contributed by atoms with van der Waals surface area (Å²) in [5.41, 5.74) is 0.777. The Morgan fingerprint density at radius 2 is 1.81 bits per heavy atom. The van der Waals surface area contributed by atoms with Gasteiger partial charge in [0.1, 0.15) is 5.75 Å². The topological polar surface area (TPSA) is 96.5 Å². The van der Waals surface area contributed by atoms with Crippen LogP contribution in [-0.4, -0.2) is 41.1 Å². The summed E-state index contributed by atoms with van der Waals surface area (Å²) in [7, 11) is -2.31. The monoisotopic (exact) mass is 411 g/mol. The van der Waals surface area contributed by atoms with Gasteiger partial charge in [-0.3, -0.25) is 9.52 Å². The van der Waals surface area contributed by atoms with E-state index >= 15 is 0 Å². The van der Waals surface area contributed by atoms with Gasteiger partial charge in [0.2, 0.25) is 0 Å². The van der Waals surface area contributed by atoms with Crippen LogP contribution in [0.1, 0.15) is 10.4 Å². The van der Waals surface area contributed by atoms with Crippen molar-refractivity contribution in [1.29, 1.82) is 0 Å². The highest BCUT2D eigenvalue weighted by molar-refractivity contribution is 7.92. The number of rotatable bonds is 7. The number of sulfonamides is 1. The molecule has 1 aliphatic rings. The molecule has 0 bridgehead atoms. The van der Waals surface area contributed by atoms with E-state index in [1.54, 1.807) is 24.3 Å². The summed E-state index contributed by atoms with van der Waals surface area (Å²) in [6.45, 7) is 2.43. The molecule has 1 amide bonds. The van der Waals surface area contributed by atoms with Crippen molar-refractivity contribution in [3.8, 4) is 5.75 Å². The summed E-state index contributed by atoms with van der Waals surface area (Å²) in [4.78, 5) is 12.2. The molecule has 3 N–H and O–H groups in total. The van der Waals surface area contributed by atoms with Gasteiger partial charge in [-0.05, 0) is 36.4 Å². The zero-order valence-electron chi connectivity index (χ0n) is 14.8. The lowest BCUT2D eigenvalue weighted by Gasteiger charge is -2.27. The second-order valence-electron chi connectivity index (χ2n) is 6.06. The molecule has 0 aromatic heterocycles. The lowest BCUT2D eigenvalue weighted by molar-refractivity contribution is 0.0942. The van der Waals surface area contributed by atoms with Crippen molar-refractivity contribution in [3.05, 3.63) is 54.1 Å². The van der Waals surface area contributed by atoms with Gasteiger partial charge in [-0.15, -0.1) is 12.4 Å². The molecule has 1 heterocycles. The predicted octanol–water partition coefficient (Wildman–Crippen LogP) is 1.87. The molecule has 1 saturated heterocycles. The van der Waals surface area contributed by atoms with Crippen LogP contribution >= 0.6 is 12.4 Å². The number of carbonyl (C=O) groups excluding carboxylic acids is 1. The summed E-state index contributed by atoms with van der Waals surface area (Å²) in [6, 6.07) is 12.6. The Morgan fingerprint density at radius 3 is 2.41 bits per heavy atom. The number of methoxy groups -OCH3 is 1. The van der Waals surface area contributed by atoms with Crippen molar-refractivity contribution >= 4 is 34.0 Å². The number of amides is 1. The van der Waals surface area contributed by atoms with Gasteiger partial charge in [-0.1, -0.05) is 12.1 Å². The molecular formula is C18H22ClN3O4S. The summed E-state index contributed by atoms with van der Waals surface area (Å²) in [6.07, 6.45) is 0. The first-order chi connectivity index (χ1) is 12.5. The molecule has 27 heavy (non-hydrogen) atoms. The number of para-hydroxylation sites is 2. The van der Waals surface area contributed by atoms with Crippen molar-refractivity contribution in [2.75, 3.05) is 31.5 Å². The Kier molecular flexibility index (Phi) is 7.06. The molecule has 0 spiro atoms. The fourth-order valence-electron chi connectivity index (χ4n) is 2.55. The Morgan fingerprint density at radius 1 is 1.15 bits per heavy atom. The first-order valence-corrected chi connectivity index (χ1v) is 9.73. The van der Waals surface area contributed by atoms with Crippen molar-refractivity contribution in [2.24, 2.45) is 5.92 Å². The predicted molar refractivity (Wildman–Crippen MR) is 106 cm³/mol. The number of halogens is 1. The van der Waals surface area contributed by atoms with Crippen LogP contribution in [0.15, 0.2) is 53.4 Å². The Labute approximate surface area is 165 Å². The molecule has 0 radical (unpaired) electrons. The summed E-state index contributed by atoms with van der Waals surface area (Å²) in [5.74, 6) is 0.680. The van der Waals surface area contributed by atoms with Gasteiger partial charge < -0.3 is 15.4 Å². The highest BCUT2D eigenvalue weighted by atomic mass is 35.5.